The molecule has 0 unspecified atom stereocenters. The summed E-state index contributed by atoms with van der Waals surface area (Å²) >= 11 is 1.36. The summed E-state index contributed by atoms with van der Waals surface area (Å²) in [6.07, 6.45) is -0.105. The van der Waals surface area contributed by atoms with Gasteiger partial charge in [-0.05, 0) is 31.7 Å². The minimum atomic E-state index is -0.328. The fourth-order valence-corrected chi connectivity index (χ4v) is 1.78. The summed E-state index contributed by atoms with van der Waals surface area (Å²) in [5.41, 5.74) is 7.03. The third kappa shape index (κ3) is 2.21. The van der Waals surface area contributed by atoms with Crippen LogP contribution in [-0.2, 0) is 4.74 Å². The van der Waals surface area contributed by atoms with E-state index in [4.69, 9.17) is 10.5 Å². The van der Waals surface area contributed by atoms with Gasteiger partial charge in [-0.25, -0.2) is 4.79 Å². The van der Waals surface area contributed by atoms with Crippen molar-refractivity contribution in [3.05, 3.63) is 16.5 Å². The first-order valence-corrected chi connectivity index (χ1v) is 4.95. The van der Waals surface area contributed by atoms with Crippen molar-refractivity contribution in [2.75, 3.05) is 5.73 Å². The van der Waals surface area contributed by atoms with E-state index < -0.39 is 0 Å². The highest BCUT2D eigenvalue weighted by atomic mass is 32.1. The van der Waals surface area contributed by atoms with Gasteiger partial charge in [-0.1, -0.05) is 0 Å². The molecule has 0 atom stereocenters. The van der Waals surface area contributed by atoms with Crippen LogP contribution in [0.5, 0.6) is 0 Å². The second kappa shape index (κ2) is 3.79. The second-order valence-electron chi connectivity index (χ2n) is 3.11. The molecule has 0 fully saturated rings. The normalized spacial score (nSPS) is 10.5. The predicted octanol–water partition coefficient (Wildman–Crippen LogP) is 2.20. The molecule has 0 saturated carbocycles. The molecule has 1 heterocycles. The molecule has 0 aliphatic heterocycles. The number of carbonyl (C=O) groups excluding carboxylic acids is 1. The second-order valence-corrected chi connectivity index (χ2v) is 4.02. The van der Waals surface area contributed by atoms with Crippen LogP contribution in [0.1, 0.15) is 29.8 Å². The van der Waals surface area contributed by atoms with Gasteiger partial charge < -0.3 is 10.5 Å². The Morgan fingerprint density at radius 3 is 2.62 bits per heavy atom. The molecule has 0 radical (unpaired) electrons. The number of rotatable bonds is 2. The van der Waals surface area contributed by atoms with Crippen LogP contribution in [0.15, 0.2) is 5.38 Å². The first kappa shape index (κ1) is 10.1. The van der Waals surface area contributed by atoms with Gasteiger partial charge in [-0.2, -0.15) is 0 Å². The molecular weight excluding hydrogens is 186 g/mol. The molecule has 1 aromatic rings. The maximum Gasteiger partial charge on any atom is 0.341 e. The number of carbonyl (C=O) groups is 1. The van der Waals surface area contributed by atoms with Gasteiger partial charge in [0, 0.05) is 0 Å². The van der Waals surface area contributed by atoms with Crippen molar-refractivity contribution in [3.8, 4) is 0 Å². The number of esters is 1. The lowest BCUT2D eigenvalue weighted by Gasteiger charge is -2.07. The molecule has 4 heteroatoms. The first-order valence-electron chi connectivity index (χ1n) is 4.07. The van der Waals surface area contributed by atoms with Crippen LogP contribution in [0.2, 0.25) is 0 Å². The van der Waals surface area contributed by atoms with E-state index >= 15 is 0 Å². The number of aryl methyl sites for hydroxylation is 1. The van der Waals surface area contributed by atoms with Crippen molar-refractivity contribution >= 4 is 22.3 Å². The molecule has 0 spiro atoms. The third-order valence-electron chi connectivity index (χ3n) is 1.55. The van der Waals surface area contributed by atoms with Crippen molar-refractivity contribution in [1.29, 1.82) is 0 Å². The zero-order chi connectivity index (χ0) is 10.0. The predicted molar refractivity (Wildman–Crippen MR) is 54.0 cm³/mol. The molecule has 13 heavy (non-hydrogen) atoms. The van der Waals surface area contributed by atoms with Gasteiger partial charge in [0.1, 0.15) is 5.00 Å². The lowest BCUT2D eigenvalue weighted by molar-refractivity contribution is 0.0379. The van der Waals surface area contributed by atoms with Crippen LogP contribution < -0.4 is 5.73 Å². The highest BCUT2D eigenvalue weighted by Gasteiger charge is 2.16. The Hall–Kier alpha value is -1.03. The minimum absolute atomic E-state index is 0.105. The summed E-state index contributed by atoms with van der Waals surface area (Å²) in [4.78, 5) is 11.5. The first-order chi connectivity index (χ1) is 6.02. The SMILES string of the molecule is Cc1csc(N)c1C(=O)OC(C)C. The molecule has 2 N–H and O–H groups in total. The number of ether oxygens (including phenoxy) is 1. The van der Waals surface area contributed by atoms with E-state index in [1.165, 1.54) is 11.3 Å². The molecule has 1 rings (SSSR count). The maximum absolute atomic E-state index is 11.5. The van der Waals surface area contributed by atoms with E-state index in [0.29, 0.717) is 10.6 Å². The van der Waals surface area contributed by atoms with Crippen LogP contribution in [0.3, 0.4) is 0 Å². The largest absolute Gasteiger partial charge is 0.459 e. The lowest BCUT2D eigenvalue weighted by Crippen LogP contribution is -2.13. The van der Waals surface area contributed by atoms with Gasteiger partial charge in [0.2, 0.25) is 0 Å². The smallest absolute Gasteiger partial charge is 0.341 e. The molecule has 0 aromatic carbocycles. The summed E-state index contributed by atoms with van der Waals surface area (Å²) in [7, 11) is 0. The Morgan fingerprint density at radius 1 is 1.62 bits per heavy atom. The topological polar surface area (TPSA) is 52.3 Å². The van der Waals surface area contributed by atoms with Crippen molar-refractivity contribution in [2.24, 2.45) is 0 Å². The molecule has 0 aliphatic rings. The van der Waals surface area contributed by atoms with E-state index in [9.17, 15) is 4.79 Å². The summed E-state index contributed by atoms with van der Waals surface area (Å²) < 4.78 is 5.04. The number of thiophene rings is 1. The molecule has 3 nitrogen and oxygen atoms in total. The fraction of sp³-hybridized carbons (Fsp3) is 0.444. The summed E-state index contributed by atoms with van der Waals surface area (Å²) in [5, 5.41) is 2.38. The minimum Gasteiger partial charge on any atom is -0.459 e. The van der Waals surface area contributed by atoms with Gasteiger partial charge in [0.25, 0.3) is 0 Å². The monoisotopic (exact) mass is 199 g/mol. The number of anilines is 1. The summed E-state index contributed by atoms with van der Waals surface area (Å²) in [6.45, 7) is 5.48. The number of hydrogen-bond acceptors (Lipinski definition) is 4. The Morgan fingerprint density at radius 2 is 2.23 bits per heavy atom. The standard InChI is InChI=1S/C9H13NO2S/c1-5(2)12-9(11)7-6(3)4-13-8(7)10/h4-5H,10H2,1-3H3. The van der Waals surface area contributed by atoms with Crippen molar-refractivity contribution in [3.63, 3.8) is 0 Å². The molecule has 0 saturated heterocycles. The van der Waals surface area contributed by atoms with Gasteiger partial charge in [0.05, 0.1) is 11.7 Å². The van der Waals surface area contributed by atoms with Crippen molar-refractivity contribution < 1.29 is 9.53 Å². The van der Waals surface area contributed by atoms with Crippen LogP contribution in [0.25, 0.3) is 0 Å². The van der Waals surface area contributed by atoms with E-state index in [1.807, 2.05) is 26.2 Å². The van der Waals surface area contributed by atoms with Gasteiger partial charge in [-0.15, -0.1) is 11.3 Å². The van der Waals surface area contributed by atoms with E-state index in [1.54, 1.807) is 0 Å². The maximum atomic E-state index is 11.5. The average molecular weight is 199 g/mol. The van der Waals surface area contributed by atoms with E-state index in [-0.39, 0.29) is 12.1 Å². The highest BCUT2D eigenvalue weighted by molar-refractivity contribution is 7.14. The third-order valence-corrected chi connectivity index (χ3v) is 2.48. The fourth-order valence-electron chi connectivity index (χ4n) is 0.999. The Labute approximate surface area is 81.5 Å². The average Bonchev–Trinajstić information content (AvgIpc) is 2.29. The van der Waals surface area contributed by atoms with Crippen LogP contribution >= 0.6 is 11.3 Å². The van der Waals surface area contributed by atoms with Crippen molar-refractivity contribution in [2.45, 2.75) is 26.9 Å². The van der Waals surface area contributed by atoms with E-state index in [2.05, 4.69) is 0 Å². The molecule has 1 aromatic heterocycles. The number of hydrogen-bond donors (Lipinski definition) is 1. The van der Waals surface area contributed by atoms with Gasteiger partial charge in [0.15, 0.2) is 0 Å². The highest BCUT2D eigenvalue weighted by Crippen LogP contribution is 2.25. The molecular formula is C9H13NO2S. The van der Waals surface area contributed by atoms with Gasteiger partial charge in [-0.3, -0.25) is 0 Å². The summed E-state index contributed by atoms with van der Waals surface area (Å²) in [6, 6.07) is 0. The molecule has 0 bridgehead atoms. The lowest BCUT2D eigenvalue weighted by atomic mass is 10.2. The molecule has 0 aliphatic carbocycles. The van der Waals surface area contributed by atoms with Crippen LogP contribution in [-0.4, -0.2) is 12.1 Å². The van der Waals surface area contributed by atoms with Crippen LogP contribution in [0, 0.1) is 6.92 Å². The number of nitrogens with two attached hydrogens (primary N) is 1. The Bertz CT molecular complexity index is 298. The molecule has 0 amide bonds. The number of nitrogen functional groups attached to an aromatic ring is 1. The molecule has 72 valence electrons. The van der Waals surface area contributed by atoms with E-state index in [0.717, 1.165) is 5.56 Å². The van der Waals surface area contributed by atoms with Crippen LogP contribution in [0.4, 0.5) is 5.00 Å². The Balaban J connectivity index is 2.88. The zero-order valence-electron chi connectivity index (χ0n) is 7.96. The van der Waals surface area contributed by atoms with Crippen molar-refractivity contribution in [1.82, 2.24) is 0 Å². The zero-order valence-corrected chi connectivity index (χ0v) is 8.77. The van der Waals surface area contributed by atoms with Gasteiger partial charge >= 0.3 is 5.97 Å². The quantitative estimate of drug-likeness (QED) is 0.743. The summed E-state index contributed by atoms with van der Waals surface area (Å²) in [5.74, 6) is -0.328. The Kier molecular flexibility index (Phi) is 2.93.